The summed E-state index contributed by atoms with van der Waals surface area (Å²) in [6.45, 7) is 5.43. The molecule has 1 aromatic carbocycles. The van der Waals surface area contributed by atoms with Crippen LogP contribution in [0.2, 0.25) is 0 Å². The lowest BCUT2D eigenvalue weighted by molar-refractivity contribution is -0.125. The summed E-state index contributed by atoms with van der Waals surface area (Å²) >= 11 is 0. The van der Waals surface area contributed by atoms with Crippen molar-refractivity contribution in [3.8, 4) is 17.6 Å². The number of nitrogens with zero attached hydrogens (tertiary/aromatic N) is 4. The largest absolute Gasteiger partial charge is 0.494 e. The summed E-state index contributed by atoms with van der Waals surface area (Å²) in [5.41, 5.74) is 0.804. The Bertz CT molecular complexity index is 773. The minimum absolute atomic E-state index is 0.148. The smallest absolute Gasteiger partial charge is 0.298 e. The van der Waals surface area contributed by atoms with Gasteiger partial charge in [-0.1, -0.05) is 12.8 Å². The minimum Gasteiger partial charge on any atom is -0.494 e. The van der Waals surface area contributed by atoms with E-state index >= 15 is 0 Å². The molecular formula is C20H22N4O2. The van der Waals surface area contributed by atoms with Gasteiger partial charge in [-0.25, -0.2) is 9.97 Å². The van der Waals surface area contributed by atoms with Gasteiger partial charge in [-0.2, -0.15) is 0 Å². The summed E-state index contributed by atoms with van der Waals surface area (Å²) < 4.78 is 5.54. The lowest BCUT2D eigenvalue weighted by Gasteiger charge is -2.33. The summed E-state index contributed by atoms with van der Waals surface area (Å²) in [4.78, 5) is 24.6. The van der Waals surface area contributed by atoms with Crippen LogP contribution in [0.3, 0.4) is 0 Å². The highest BCUT2D eigenvalue weighted by atomic mass is 16.5. The molecule has 0 bridgehead atoms. The molecule has 0 radical (unpaired) electrons. The number of piperazine rings is 1. The van der Waals surface area contributed by atoms with Crippen molar-refractivity contribution in [2.24, 2.45) is 0 Å². The third kappa shape index (κ3) is 4.73. The van der Waals surface area contributed by atoms with Gasteiger partial charge < -0.3 is 14.5 Å². The molecule has 0 spiro atoms. The third-order valence-electron chi connectivity index (χ3n) is 4.04. The zero-order valence-corrected chi connectivity index (χ0v) is 14.9. The van der Waals surface area contributed by atoms with E-state index in [1.165, 1.54) is 0 Å². The second-order valence-electron chi connectivity index (χ2n) is 5.95. The van der Waals surface area contributed by atoms with Crippen molar-refractivity contribution in [2.45, 2.75) is 13.3 Å². The van der Waals surface area contributed by atoms with E-state index < -0.39 is 0 Å². The van der Waals surface area contributed by atoms with Gasteiger partial charge in [-0.15, -0.1) is 0 Å². The van der Waals surface area contributed by atoms with Gasteiger partial charge in [-0.05, 0) is 36.8 Å². The van der Waals surface area contributed by atoms with Gasteiger partial charge in [0.25, 0.3) is 5.91 Å². The summed E-state index contributed by atoms with van der Waals surface area (Å²) in [5.74, 6) is 7.04. The average Bonchev–Trinajstić information content (AvgIpc) is 2.72. The van der Waals surface area contributed by atoms with Crippen LogP contribution in [-0.4, -0.2) is 53.6 Å². The lowest BCUT2D eigenvalue weighted by atomic mass is 10.2. The Balaban J connectivity index is 1.52. The van der Waals surface area contributed by atoms with Gasteiger partial charge >= 0.3 is 0 Å². The van der Waals surface area contributed by atoms with E-state index in [9.17, 15) is 4.79 Å². The number of rotatable bonds is 4. The molecule has 3 rings (SSSR count). The predicted molar refractivity (Wildman–Crippen MR) is 99.9 cm³/mol. The second-order valence-corrected chi connectivity index (χ2v) is 5.95. The molecule has 2 heterocycles. The molecule has 1 aliphatic rings. The summed E-state index contributed by atoms with van der Waals surface area (Å²) in [7, 11) is 0. The fourth-order valence-electron chi connectivity index (χ4n) is 2.62. The van der Waals surface area contributed by atoms with Crippen LogP contribution in [0.15, 0.2) is 42.7 Å². The summed E-state index contributed by atoms with van der Waals surface area (Å²) in [6.07, 6.45) is 4.42. The fourth-order valence-corrected chi connectivity index (χ4v) is 2.62. The van der Waals surface area contributed by atoms with Gasteiger partial charge in [0.2, 0.25) is 5.95 Å². The number of benzene rings is 1. The van der Waals surface area contributed by atoms with Crippen LogP contribution >= 0.6 is 0 Å². The van der Waals surface area contributed by atoms with E-state index in [-0.39, 0.29) is 5.91 Å². The topological polar surface area (TPSA) is 58.6 Å². The first-order chi connectivity index (χ1) is 12.8. The van der Waals surface area contributed by atoms with Crippen LogP contribution in [0.4, 0.5) is 5.95 Å². The molecular weight excluding hydrogens is 328 g/mol. The molecule has 134 valence electrons. The van der Waals surface area contributed by atoms with Crippen molar-refractivity contribution >= 4 is 11.9 Å². The Morgan fingerprint density at radius 3 is 2.46 bits per heavy atom. The van der Waals surface area contributed by atoms with Crippen molar-refractivity contribution in [2.75, 3.05) is 37.7 Å². The van der Waals surface area contributed by atoms with Crippen LogP contribution in [0.25, 0.3) is 0 Å². The lowest BCUT2D eigenvalue weighted by Crippen LogP contribution is -2.49. The van der Waals surface area contributed by atoms with Gasteiger partial charge in [-0.3, -0.25) is 4.79 Å². The Kier molecular flexibility index (Phi) is 6.05. The van der Waals surface area contributed by atoms with E-state index in [0.29, 0.717) is 38.7 Å². The van der Waals surface area contributed by atoms with E-state index in [1.807, 2.05) is 24.3 Å². The molecule has 0 atom stereocenters. The number of carbonyl (C=O) groups is 1. The highest BCUT2D eigenvalue weighted by molar-refractivity contribution is 5.94. The second kappa shape index (κ2) is 8.86. The molecule has 0 aliphatic carbocycles. The zero-order chi connectivity index (χ0) is 18.2. The van der Waals surface area contributed by atoms with Crippen molar-refractivity contribution in [1.29, 1.82) is 0 Å². The first kappa shape index (κ1) is 17.7. The maximum Gasteiger partial charge on any atom is 0.298 e. The molecule has 0 unspecified atom stereocenters. The predicted octanol–water partition coefficient (Wildman–Crippen LogP) is 1.97. The van der Waals surface area contributed by atoms with Gasteiger partial charge in [0.15, 0.2) is 0 Å². The number of ether oxygens (including phenoxy) is 1. The number of carbonyl (C=O) groups excluding carboxylic acids is 1. The highest BCUT2D eigenvalue weighted by Gasteiger charge is 2.21. The van der Waals surface area contributed by atoms with Crippen LogP contribution in [-0.2, 0) is 4.79 Å². The summed E-state index contributed by atoms with van der Waals surface area (Å²) in [6, 6.07) is 9.29. The molecule has 2 aromatic rings. The molecule has 1 aromatic heterocycles. The van der Waals surface area contributed by atoms with Crippen molar-refractivity contribution in [3.63, 3.8) is 0 Å². The number of amides is 1. The minimum atomic E-state index is -0.148. The third-order valence-corrected chi connectivity index (χ3v) is 4.04. The first-order valence-corrected chi connectivity index (χ1v) is 8.82. The number of hydrogen-bond acceptors (Lipinski definition) is 5. The molecule has 26 heavy (non-hydrogen) atoms. The van der Waals surface area contributed by atoms with E-state index in [4.69, 9.17) is 4.74 Å². The van der Waals surface area contributed by atoms with E-state index in [0.717, 1.165) is 17.7 Å². The maximum atomic E-state index is 12.3. The van der Waals surface area contributed by atoms with Crippen molar-refractivity contribution in [3.05, 3.63) is 48.3 Å². The zero-order valence-electron chi connectivity index (χ0n) is 14.9. The normalized spacial score (nSPS) is 13.7. The Morgan fingerprint density at radius 1 is 1.12 bits per heavy atom. The number of hydrogen-bond donors (Lipinski definition) is 0. The molecule has 0 N–H and O–H groups in total. The van der Waals surface area contributed by atoms with Crippen molar-refractivity contribution < 1.29 is 9.53 Å². The maximum absolute atomic E-state index is 12.3. The molecule has 1 saturated heterocycles. The molecule has 6 nitrogen and oxygen atoms in total. The Morgan fingerprint density at radius 2 is 1.81 bits per heavy atom. The summed E-state index contributed by atoms with van der Waals surface area (Å²) in [5, 5.41) is 0. The van der Waals surface area contributed by atoms with Crippen LogP contribution in [0.1, 0.15) is 18.9 Å². The van der Waals surface area contributed by atoms with E-state index in [2.05, 4.69) is 33.6 Å². The standard InChI is InChI=1S/C20H22N4O2/c1-2-16-26-18-7-4-17(5-8-18)6-9-19(25)23-12-14-24(15-13-23)20-21-10-3-11-22-20/h3-5,7-8,10-11H,2,12-16H2,1H3. The van der Waals surface area contributed by atoms with Crippen molar-refractivity contribution in [1.82, 2.24) is 14.9 Å². The molecule has 1 amide bonds. The Labute approximate surface area is 153 Å². The Hall–Kier alpha value is -3.07. The molecule has 0 saturated carbocycles. The monoisotopic (exact) mass is 350 g/mol. The van der Waals surface area contributed by atoms with Gasteiger partial charge in [0.05, 0.1) is 6.61 Å². The SMILES string of the molecule is CCCOc1ccc(C#CC(=O)N2CCN(c3ncccn3)CC2)cc1. The molecule has 1 aliphatic heterocycles. The van der Waals surface area contributed by atoms with E-state index in [1.54, 1.807) is 23.4 Å². The fraction of sp³-hybridized carbons (Fsp3) is 0.350. The molecule has 1 fully saturated rings. The van der Waals surface area contributed by atoms with Gasteiger partial charge in [0.1, 0.15) is 5.75 Å². The van der Waals surface area contributed by atoms with Crippen LogP contribution in [0.5, 0.6) is 5.75 Å². The van der Waals surface area contributed by atoms with Gasteiger partial charge in [0, 0.05) is 50.1 Å². The average molecular weight is 350 g/mol. The number of aromatic nitrogens is 2. The molecule has 6 heteroatoms. The number of anilines is 1. The van der Waals surface area contributed by atoms with Crippen LogP contribution < -0.4 is 9.64 Å². The van der Waals surface area contributed by atoms with Crippen LogP contribution in [0, 0.1) is 11.8 Å². The highest BCUT2D eigenvalue weighted by Crippen LogP contribution is 2.12. The first-order valence-electron chi connectivity index (χ1n) is 8.82. The quantitative estimate of drug-likeness (QED) is 0.789.